The van der Waals surface area contributed by atoms with Gasteiger partial charge in [0.1, 0.15) is 6.26 Å². The summed E-state index contributed by atoms with van der Waals surface area (Å²) >= 11 is 0. The van der Waals surface area contributed by atoms with Crippen molar-refractivity contribution in [2.75, 3.05) is 14.2 Å². The molecule has 0 aliphatic rings. The standard InChI is InChI=1S/C12H10O6/c1-16-9-4-6(12(15)17-2)3-7-10(14)8(13)5-18-11(7)9/h3-5,13H,1-2H3. The molecule has 2 aromatic rings. The van der Waals surface area contributed by atoms with Crippen LogP contribution in [0.5, 0.6) is 11.5 Å². The highest BCUT2D eigenvalue weighted by molar-refractivity contribution is 5.96. The molecule has 6 nitrogen and oxygen atoms in total. The number of carbonyl (C=O) groups is 1. The Bertz CT molecular complexity index is 670. The molecule has 1 aromatic carbocycles. The van der Waals surface area contributed by atoms with E-state index in [1.165, 1.54) is 26.4 Å². The fourth-order valence-corrected chi connectivity index (χ4v) is 1.59. The molecule has 94 valence electrons. The highest BCUT2D eigenvalue weighted by Crippen LogP contribution is 2.27. The van der Waals surface area contributed by atoms with Gasteiger partial charge in [-0.15, -0.1) is 0 Å². The number of methoxy groups -OCH3 is 2. The average Bonchev–Trinajstić information content (AvgIpc) is 2.41. The summed E-state index contributed by atoms with van der Waals surface area (Å²) in [7, 11) is 2.60. The van der Waals surface area contributed by atoms with Crippen LogP contribution in [0, 0.1) is 0 Å². The molecule has 1 N–H and O–H groups in total. The zero-order valence-corrected chi connectivity index (χ0v) is 9.72. The van der Waals surface area contributed by atoms with E-state index in [9.17, 15) is 14.7 Å². The predicted molar refractivity (Wildman–Crippen MR) is 62.0 cm³/mol. The summed E-state index contributed by atoms with van der Waals surface area (Å²) in [4.78, 5) is 23.2. The van der Waals surface area contributed by atoms with E-state index in [0.29, 0.717) is 0 Å². The van der Waals surface area contributed by atoms with Crippen LogP contribution in [0.2, 0.25) is 0 Å². The van der Waals surface area contributed by atoms with E-state index in [-0.39, 0.29) is 22.3 Å². The number of aromatic hydroxyl groups is 1. The highest BCUT2D eigenvalue weighted by Gasteiger charge is 2.16. The third-order valence-corrected chi connectivity index (χ3v) is 2.46. The highest BCUT2D eigenvalue weighted by atomic mass is 16.5. The monoisotopic (exact) mass is 250 g/mol. The SMILES string of the molecule is COC(=O)c1cc(OC)c2occ(O)c(=O)c2c1. The van der Waals surface area contributed by atoms with Gasteiger partial charge in [0.05, 0.1) is 25.2 Å². The predicted octanol–water partition coefficient (Wildman–Crippen LogP) is 1.29. The Morgan fingerprint density at radius 1 is 1.33 bits per heavy atom. The molecule has 0 amide bonds. The van der Waals surface area contributed by atoms with E-state index in [1.807, 2.05) is 0 Å². The number of hydrogen-bond acceptors (Lipinski definition) is 6. The number of benzene rings is 1. The van der Waals surface area contributed by atoms with Gasteiger partial charge in [-0.05, 0) is 12.1 Å². The number of fused-ring (bicyclic) bond motifs is 1. The molecule has 0 saturated carbocycles. The van der Waals surface area contributed by atoms with Gasteiger partial charge in [0, 0.05) is 0 Å². The van der Waals surface area contributed by atoms with Gasteiger partial charge in [-0.2, -0.15) is 0 Å². The molecule has 0 saturated heterocycles. The van der Waals surface area contributed by atoms with Crippen LogP contribution in [0.3, 0.4) is 0 Å². The lowest BCUT2D eigenvalue weighted by Crippen LogP contribution is -2.06. The molecule has 0 fully saturated rings. The molecule has 0 atom stereocenters. The van der Waals surface area contributed by atoms with Crippen molar-refractivity contribution in [1.82, 2.24) is 0 Å². The second-order valence-corrected chi connectivity index (χ2v) is 3.50. The molecular formula is C12H10O6. The van der Waals surface area contributed by atoms with E-state index in [4.69, 9.17) is 9.15 Å². The number of rotatable bonds is 2. The second kappa shape index (κ2) is 4.40. The average molecular weight is 250 g/mol. The molecule has 0 aliphatic carbocycles. The van der Waals surface area contributed by atoms with Crippen LogP contribution < -0.4 is 10.2 Å². The van der Waals surface area contributed by atoms with Crippen molar-refractivity contribution in [3.05, 3.63) is 34.2 Å². The molecule has 0 unspecified atom stereocenters. The largest absolute Gasteiger partial charge is 0.502 e. The Morgan fingerprint density at radius 2 is 2.06 bits per heavy atom. The summed E-state index contributed by atoms with van der Waals surface area (Å²) in [5.41, 5.74) is -0.340. The Labute approximate surface area is 101 Å². The van der Waals surface area contributed by atoms with Crippen LogP contribution in [0.15, 0.2) is 27.6 Å². The third-order valence-electron chi connectivity index (χ3n) is 2.46. The Morgan fingerprint density at radius 3 is 2.67 bits per heavy atom. The van der Waals surface area contributed by atoms with Gasteiger partial charge in [-0.1, -0.05) is 0 Å². The van der Waals surface area contributed by atoms with Gasteiger partial charge in [-0.25, -0.2) is 4.79 Å². The minimum absolute atomic E-state index is 0.0507. The summed E-state index contributed by atoms with van der Waals surface area (Å²) in [5.74, 6) is -0.936. The number of hydrogen-bond donors (Lipinski definition) is 1. The van der Waals surface area contributed by atoms with E-state index in [0.717, 1.165) is 6.26 Å². The first-order valence-electron chi connectivity index (χ1n) is 4.99. The van der Waals surface area contributed by atoms with Crippen molar-refractivity contribution >= 4 is 16.9 Å². The molecule has 0 radical (unpaired) electrons. The van der Waals surface area contributed by atoms with Crippen molar-refractivity contribution < 1.29 is 23.8 Å². The first kappa shape index (κ1) is 12.0. The molecule has 1 aromatic heterocycles. The molecule has 0 bridgehead atoms. The lowest BCUT2D eigenvalue weighted by molar-refractivity contribution is 0.0600. The van der Waals surface area contributed by atoms with Gasteiger partial charge in [0.25, 0.3) is 0 Å². The van der Waals surface area contributed by atoms with Gasteiger partial charge in [0.15, 0.2) is 17.1 Å². The van der Waals surface area contributed by atoms with E-state index >= 15 is 0 Å². The Hall–Kier alpha value is -2.50. The molecule has 0 spiro atoms. The lowest BCUT2D eigenvalue weighted by atomic mass is 10.1. The molecular weight excluding hydrogens is 240 g/mol. The summed E-state index contributed by atoms with van der Waals surface area (Å²) in [5, 5.41) is 9.36. The summed E-state index contributed by atoms with van der Waals surface area (Å²) in [6.07, 6.45) is 0.922. The molecule has 18 heavy (non-hydrogen) atoms. The summed E-state index contributed by atoms with van der Waals surface area (Å²) < 4.78 is 14.7. The van der Waals surface area contributed by atoms with E-state index < -0.39 is 17.1 Å². The van der Waals surface area contributed by atoms with Gasteiger partial charge in [0.2, 0.25) is 5.43 Å². The molecule has 1 heterocycles. The van der Waals surface area contributed by atoms with Crippen LogP contribution >= 0.6 is 0 Å². The molecule has 2 rings (SSSR count). The smallest absolute Gasteiger partial charge is 0.338 e. The maximum atomic E-state index is 11.7. The van der Waals surface area contributed by atoms with Crippen LogP contribution in [0.4, 0.5) is 0 Å². The number of carbonyl (C=O) groups excluding carboxylic acids is 1. The zero-order valence-electron chi connectivity index (χ0n) is 9.72. The lowest BCUT2D eigenvalue weighted by Gasteiger charge is -2.06. The van der Waals surface area contributed by atoms with Crippen molar-refractivity contribution in [3.63, 3.8) is 0 Å². The first-order valence-corrected chi connectivity index (χ1v) is 4.99. The van der Waals surface area contributed by atoms with Crippen molar-refractivity contribution in [2.45, 2.75) is 0 Å². The van der Waals surface area contributed by atoms with Crippen molar-refractivity contribution in [2.24, 2.45) is 0 Å². The van der Waals surface area contributed by atoms with Gasteiger partial charge in [-0.3, -0.25) is 4.79 Å². The maximum Gasteiger partial charge on any atom is 0.338 e. The maximum absolute atomic E-state index is 11.7. The third kappa shape index (κ3) is 1.77. The van der Waals surface area contributed by atoms with Gasteiger partial charge < -0.3 is 19.0 Å². The fourth-order valence-electron chi connectivity index (χ4n) is 1.59. The fraction of sp³-hybridized carbons (Fsp3) is 0.167. The minimum atomic E-state index is -0.639. The van der Waals surface area contributed by atoms with Gasteiger partial charge >= 0.3 is 5.97 Å². The van der Waals surface area contributed by atoms with Crippen molar-refractivity contribution in [1.29, 1.82) is 0 Å². The summed E-state index contributed by atoms with van der Waals surface area (Å²) in [6.45, 7) is 0. The number of esters is 1. The van der Waals surface area contributed by atoms with Crippen LogP contribution in [0.1, 0.15) is 10.4 Å². The van der Waals surface area contributed by atoms with Crippen LogP contribution in [0.25, 0.3) is 11.0 Å². The topological polar surface area (TPSA) is 86.0 Å². The normalized spacial score (nSPS) is 10.3. The molecule has 0 aliphatic heterocycles. The Balaban J connectivity index is 2.85. The van der Waals surface area contributed by atoms with Crippen LogP contribution in [-0.4, -0.2) is 25.3 Å². The number of ether oxygens (including phenoxy) is 2. The Kier molecular flexibility index (Phi) is 2.93. The molecule has 6 heteroatoms. The second-order valence-electron chi connectivity index (χ2n) is 3.50. The van der Waals surface area contributed by atoms with Crippen LogP contribution in [-0.2, 0) is 4.74 Å². The quantitative estimate of drug-likeness (QED) is 0.808. The van der Waals surface area contributed by atoms with E-state index in [1.54, 1.807) is 0 Å². The zero-order chi connectivity index (χ0) is 13.3. The van der Waals surface area contributed by atoms with Crippen molar-refractivity contribution in [3.8, 4) is 11.5 Å². The van der Waals surface area contributed by atoms with E-state index in [2.05, 4.69) is 4.74 Å². The minimum Gasteiger partial charge on any atom is -0.502 e. The first-order chi connectivity index (χ1) is 8.58. The summed E-state index contributed by atoms with van der Waals surface area (Å²) in [6, 6.07) is 2.68.